The van der Waals surface area contributed by atoms with E-state index in [-0.39, 0.29) is 12.5 Å². The monoisotopic (exact) mass is 433 g/mol. The Balaban J connectivity index is 1.41. The molecule has 0 fully saturated rings. The van der Waals surface area contributed by atoms with Crippen molar-refractivity contribution < 1.29 is 18.7 Å². The van der Waals surface area contributed by atoms with Gasteiger partial charge in [-0.05, 0) is 61.9 Å². The van der Waals surface area contributed by atoms with Crippen LogP contribution in [0.2, 0.25) is 0 Å². The minimum absolute atomic E-state index is 0.260. The van der Waals surface area contributed by atoms with Crippen molar-refractivity contribution in [1.82, 2.24) is 14.9 Å². The Hall–Kier alpha value is -4.07. The Morgan fingerprint density at radius 2 is 1.88 bits per heavy atom. The summed E-state index contributed by atoms with van der Waals surface area (Å²) in [5.41, 5.74) is 1.84. The minimum atomic E-state index is -0.729. The SMILES string of the molecule is CCOc1ccc(Oc2cc(CNC(=O)C(C)n3c(=O)oc4ccccc43)ccn2)cc1. The molecule has 1 atom stereocenters. The maximum Gasteiger partial charge on any atom is 0.420 e. The molecule has 0 bridgehead atoms. The van der Waals surface area contributed by atoms with Crippen molar-refractivity contribution in [3.05, 3.63) is 83.0 Å². The molecule has 0 saturated heterocycles. The first-order chi connectivity index (χ1) is 15.5. The van der Waals surface area contributed by atoms with Gasteiger partial charge >= 0.3 is 5.76 Å². The topological polar surface area (TPSA) is 95.6 Å². The Morgan fingerprint density at radius 3 is 2.66 bits per heavy atom. The molecule has 32 heavy (non-hydrogen) atoms. The third kappa shape index (κ3) is 4.64. The zero-order valence-corrected chi connectivity index (χ0v) is 17.8. The predicted molar refractivity (Wildman–Crippen MR) is 119 cm³/mol. The minimum Gasteiger partial charge on any atom is -0.494 e. The molecule has 1 amide bonds. The van der Waals surface area contributed by atoms with Gasteiger partial charge in [-0.25, -0.2) is 9.78 Å². The van der Waals surface area contributed by atoms with Crippen LogP contribution in [0.4, 0.5) is 0 Å². The molecular formula is C24H23N3O5. The van der Waals surface area contributed by atoms with Gasteiger partial charge < -0.3 is 19.2 Å². The zero-order valence-electron chi connectivity index (χ0n) is 17.8. The molecule has 0 saturated carbocycles. The number of para-hydroxylation sites is 2. The van der Waals surface area contributed by atoms with E-state index in [9.17, 15) is 9.59 Å². The third-order valence-electron chi connectivity index (χ3n) is 4.91. The van der Waals surface area contributed by atoms with Gasteiger partial charge in [0.15, 0.2) is 5.58 Å². The van der Waals surface area contributed by atoms with E-state index in [1.807, 2.05) is 19.1 Å². The lowest BCUT2D eigenvalue weighted by atomic mass is 10.2. The van der Waals surface area contributed by atoms with Gasteiger partial charge in [0.05, 0.1) is 12.1 Å². The molecule has 2 heterocycles. The van der Waals surface area contributed by atoms with E-state index in [0.29, 0.717) is 29.3 Å². The van der Waals surface area contributed by atoms with E-state index >= 15 is 0 Å². The van der Waals surface area contributed by atoms with Crippen LogP contribution in [-0.2, 0) is 11.3 Å². The number of hydrogen-bond acceptors (Lipinski definition) is 6. The van der Waals surface area contributed by atoms with E-state index < -0.39 is 11.8 Å². The Morgan fingerprint density at radius 1 is 1.12 bits per heavy atom. The summed E-state index contributed by atoms with van der Waals surface area (Å²) >= 11 is 0. The summed E-state index contributed by atoms with van der Waals surface area (Å²) in [6.07, 6.45) is 1.61. The molecule has 1 N–H and O–H groups in total. The van der Waals surface area contributed by atoms with Crippen LogP contribution in [0.3, 0.4) is 0 Å². The maximum atomic E-state index is 12.7. The van der Waals surface area contributed by atoms with Gasteiger partial charge in [0.1, 0.15) is 17.5 Å². The first kappa shape index (κ1) is 21.2. The maximum absolute atomic E-state index is 12.7. The van der Waals surface area contributed by atoms with Crippen LogP contribution in [0.25, 0.3) is 11.1 Å². The van der Waals surface area contributed by atoms with Crippen LogP contribution >= 0.6 is 0 Å². The smallest absolute Gasteiger partial charge is 0.420 e. The number of amides is 1. The summed E-state index contributed by atoms with van der Waals surface area (Å²) in [6.45, 7) is 4.44. The van der Waals surface area contributed by atoms with Gasteiger partial charge in [-0.3, -0.25) is 9.36 Å². The molecule has 164 valence electrons. The Kier molecular flexibility index (Phi) is 6.21. The molecule has 8 heteroatoms. The number of oxazole rings is 1. The number of fused-ring (bicyclic) bond motifs is 1. The molecule has 0 aliphatic carbocycles. The molecule has 0 radical (unpaired) electrons. The standard InChI is InChI=1S/C24H23N3O5/c1-3-30-18-8-10-19(11-9-18)31-22-14-17(12-13-25-22)15-26-23(28)16(2)27-20-6-4-5-7-21(20)32-24(27)29/h4-14,16H,3,15H2,1-2H3,(H,26,28). The first-order valence-electron chi connectivity index (χ1n) is 10.3. The molecule has 2 aromatic heterocycles. The van der Waals surface area contributed by atoms with Crippen molar-refractivity contribution in [3.63, 3.8) is 0 Å². The molecule has 8 nitrogen and oxygen atoms in total. The third-order valence-corrected chi connectivity index (χ3v) is 4.91. The highest BCUT2D eigenvalue weighted by molar-refractivity contribution is 5.82. The quantitative estimate of drug-likeness (QED) is 0.450. The number of rotatable bonds is 8. The van der Waals surface area contributed by atoms with Crippen LogP contribution in [0.1, 0.15) is 25.5 Å². The second-order valence-electron chi connectivity index (χ2n) is 7.11. The van der Waals surface area contributed by atoms with E-state index in [2.05, 4.69) is 10.3 Å². The van der Waals surface area contributed by atoms with Crippen molar-refractivity contribution in [1.29, 1.82) is 0 Å². The van der Waals surface area contributed by atoms with Gasteiger partial charge in [-0.2, -0.15) is 0 Å². The van der Waals surface area contributed by atoms with Gasteiger partial charge in [0, 0.05) is 18.8 Å². The number of carbonyl (C=O) groups excluding carboxylic acids is 1. The number of nitrogens with zero attached hydrogens (tertiary/aromatic N) is 2. The normalized spacial score (nSPS) is 11.8. The zero-order chi connectivity index (χ0) is 22.5. The molecule has 4 rings (SSSR count). The number of ether oxygens (including phenoxy) is 2. The van der Waals surface area contributed by atoms with Crippen molar-refractivity contribution in [2.75, 3.05) is 6.61 Å². The highest BCUT2D eigenvalue weighted by atomic mass is 16.5. The van der Waals surface area contributed by atoms with E-state index in [0.717, 1.165) is 11.3 Å². The predicted octanol–water partition coefficient (Wildman–Crippen LogP) is 4.06. The lowest BCUT2D eigenvalue weighted by Gasteiger charge is -2.13. The summed E-state index contributed by atoms with van der Waals surface area (Å²) in [7, 11) is 0. The molecule has 0 spiro atoms. The van der Waals surface area contributed by atoms with Crippen molar-refractivity contribution >= 4 is 17.0 Å². The summed E-state index contributed by atoms with van der Waals surface area (Å²) in [5, 5.41) is 2.85. The van der Waals surface area contributed by atoms with Crippen LogP contribution in [0.5, 0.6) is 17.4 Å². The molecule has 4 aromatic rings. The number of aromatic nitrogens is 2. The fourth-order valence-corrected chi connectivity index (χ4v) is 3.31. The summed E-state index contributed by atoms with van der Waals surface area (Å²) < 4.78 is 17.8. The van der Waals surface area contributed by atoms with Crippen LogP contribution in [-0.4, -0.2) is 22.1 Å². The van der Waals surface area contributed by atoms with E-state index in [1.54, 1.807) is 61.7 Å². The largest absolute Gasteiger partial charge is 0.494 e. The van der Waals surface area contributed by atoms with Crippen molar-refractivity contribution in [3.8, 4) is 17.4 Å². The van der Waals surface area contributed by atoms with Crippen molar-refractivity contribution in [2.24, 2.45) is 0 Å². The molecule has 2 aromatic carbocycles. The average molecular weight is 433 g/mol. The van der Waals surface area contributed by atoms with Gasteiger partial charge in [-0.1, -0.05) is 12.1 Å². The van der Waals surface area contributed by atoms with Gasteiger partial charge in [0.25, 0.3) is 0 Å². The highest BCUT2D eigenvalue weighted by Gasteiger charge is 2.21. The van der Waals surface area contributed by atoms with E-state index in [4.69, 9.17) is 13.9 Å². The Labute approximate surface area is 184 Å². The van der Waals surface area contributed by atoms with Gasteiger partial charge in [-0.15, -0.1) is 0 Å². The molecular weight excluding hydrogens is 410 g/mol. The number of pyridine rings is 1. The summed E-state index contributed by atoms with van der Waals surface area (Å²) in [4.78, 5) is 29.1. The number of benzene rings is 2. The summed E-state index contributed by atoms with van der Waals surface area (Å²) in [6, 6.07) is 17.1. The highest BCUT2D eigenvalue weighted by Crippen LogP contribution is 2.23. The van der Waals surface area contributed by atoms with Crippen LogP contribution < -0.4 is 20.5 Å². The fraction of sp³-hybridized carbons (Fsp3) is 0.208. The average Bonchev–Trinajstić information content (AvgIpc) is 3.14. The molecule has 1 unspecified atom stereocenters. The number of hydrogen-bond donors (Lipinski definition) is 1. The molecule has 0 aliphatic rings. The second-order valence-corrected chi connectivity index (χ2v) is 7.11. The number of carbonyl (C=O) groups is 1. The molecule has 0 aliphatic heterocycles. The van der Waals surface area contributed by atoms with Crippen LogP contribution in [0, 0.1) is 0 Å². The van der Waals surface area contributed by atoms with Gasteiger partial charge in [0.2, 0.25) is 11.8 Å². The van der Waals surface area contributed by atoms with Crippen molar-refractivity contribution in [2.45, 2.75) is 26.4 Å². The second kappa shape index (κ2) is 9.38. The van der Waals surface area contributed by atoms with Crippen LogP contribution in [0.15, 0.2) is 76.1 Å². The first-order valence-corrected chi connectivity index (χ1v) is 10.3. The lowest BCUT2D eigenvalue weighted by Crippen LogP contribution is -2.34. The summed E-state index contributed by atoms with van der Waals surface area (Å²) in [5.74, 6) is 0.934. The lowest BCUT2D eigenvalue weighted by molar-refractivity contribution is -0.124. The number of nitrogens with one attached hydrogen (secondary N) is 1. The fourth-order valence-electron chi connectivity index (χ4n) is 3.31. The Bertz CT molecular complexity index is 1280. The van der Waals surface area contributed by atoms with E-state index in [1.165, 1.54) is 4.57 Å².